The zero-order valence-corrected chi connectivity index (χ0v) is 9.30. The second-order valence-electron chi connectivity index (χ2n) is 4.08. The SMILES string of the molecule is Nc1ncnc2c1ncn2[C@H]1C[C@@H](O)[C@@H](C=O)O1. The summed E-state index contributed by atoms with van der Waals surface area (Å²) in [5.74, 6) is 0.282. The number of aldehydes is 1. The van der Waals surface area contributed by atoms with Crippen molar-refractivity contribution in [1.82, 2.24) is 19.5 Å². The van der Waals surface area contributed by atoms with Crippen LogP contribution < -0.4 is 5.73 Å². The summed E-state index contributed by atoms with van der Waals surface area (Å²) in [6.45, 7) is 0. The van der Waals surface area contributed by atoms with Gasteiger partial charge in [0.25, 0.3) is 0 Å². The smallest absolute Gasteiger partial charge is 0.167 e. The van der Waals surface area contributed by atoms with Gasteiger partial charge in [0.15, 0.2) is 17.8 Å². The van der Waals surface area contributed by atoms with E-state index >= 15 is 0 Å². The van der Waals surface area contributed by atoms with Gasteiger partial charge in [0.2, 0.25) is 0 Å². The highest BCUT2D eigenvalue weighted by Gasteiger charge is 2.35. The van der Waals surface area contributed by atoms with E-state index in [0.717, 1.165) is 0 Å². The quantitative estimate of drug-likeness (QED) is 0.673. The van der Waals surface area contributed by atoms with Crippen LogP contribution in [0, 0.1) is 0 Å². The average molecular weight is 249 g/mol. The van der Waals surface area contributed by atoms with E-state index in [9.17, 15) is 9.90 Å². The summed E-state index contributed by atoms with van der Waals surface area (Å²) in [5, 5.41) is 9.64. The molecular formula is C10H11N5O3. The minimum atomic E-state index is -0.816. The number of rotatable bonds is 2. The molecule has 2 aromatic heterocycles. The van der Waals surface area contributed by atoms with Gasteiger partial charge < -0.3 is 20.4 Å². The summed E-state index contributed by atoms with van der Waals surface area (Å²) < 4.78 is 7.06. The van der Waals surface area contributed by atoms with Gasteiger partial charge in [-0.15, -0.1) is 0 Å². The summed E-state index contributed by atoms with van der Waals surface area (Å²) in [5.41, 5.74) is 6.67. The molecule has 0 aliphatic carbocycles. The zero-order chi connectivity index (χ0) is 12.7. The number of nitrogen functional groups attached to an aromatic ring is 1. The van der Waals surface area contributed by atoms with E-state index < -0.39 is 18.4 Å². The van der Waals surface area contributed by atoms with Crippen molar-refractivity contribution >= 4 is 23.3 Å². The number of nitrogens with two attached hydrogens (primary N) is 1. The molecule has 8 nitrogen and oxygen atoms in total. The molecule has 1 aliphatic heterocycles. The number of aliphatic hydroxyl groups excluding tert-OH is 1. The molecule has 3 N–H and O–H groups in total. The lowest BCUT2D eigenvalue weighted by Gasteiger charge is -2.11. The number of anilines is 1. The number of carbonyl (C=O) groups excluding carboxylic acids is 1. The van der Waals surface area contributed by atoms with Gasteiger partial charge in [-0.3, -0.25) is 4.57 Å². The second kappa shape index (κ2) is 4.00. The number of imidazole rings is 1. The molecule has 0 unspecified atom stereocenters. The highest BCUT2D eigenvalue weighted by Crippen LogP contribution is 2.30. The van der Waals surface area contributed by atoms with Crippen LogP contribution in [0.25, 0.3) is 11.2 Å². The lowest BCUT2D eigenvalue weighted by Crippen LogP contribution is -2.21. The van der Waals surface area contributed by atoms with Crippen LogP contribution in [-0.2, 0) is 9.53 Å². The van der Waals surface area contributed by atoms with Crippen molar-refractivity contribution in [3.63, 3.8) is 0 Å². The standard InChI is InChI=1S/C10H11N5O3/c11-9-8-10(13-3-12-9)15(4-14-8)7-1-5(17)6(2-16)18-7/h2-7,17H,1H2,(H2,11,12,13)/t5-,6-,7-/m1/s1. The molecule has 1 aliphatic rings. The van der Waals surface area contributed by atoms with Gasteiger partial charge in [-0.2, -0.15) is 0 Å². The first kappa shape index (κ1) is 11.1. The fourth-order valence-electron chi connectivity index (χ4n) is 2.05. The molecule has 18 heavy (non-hydrogen) atoms. The third kappa shape index (κ3) is 1.54. The first-order chi connectivity index (χ1) is 8.70. The van der Waals surface area contributed by atoms with Gasteiger partial charge in [-0.05, 0) is 0 Å². The van der Waals surface area contributed by atoms with Crippen LogP contribution in [0.15, 0.2) is 12.7 Å². The number of hydrogen-bond acceptors (Lipinski definition) is 7. The minimum Gasteiger partial charge on any atom is -0.390 e. The molecule has 8 heteroatoms. The van der Waals surface area contributed by atoms with Crippen LogP contribution in [-0.4, -0.2) is 43.1 Å². The maximum absolute atomic E-state index is 10.7. The van der Waals surface area contributed by atoms with Crippen molar-refractivity contribution in [1.29, 1.82) is 0 Å². The van der Waals surface area contributed by atoms with E-state index in [4.69, 9.17) is 10.5 Å². The largest absolute Gasteiger partial charge is 0.390 e. The number of aromatic nitrogens is 4. The average Bonchev–Trinajstić information content (AvgIpc) is 2.93. The zero-order valence-electron chi connectivity index (χ0n) is 9.30. The normalized spacial score (nSPS) is 27.7. The Morgan fingerprint density at radius 1 is 1.50 bits per heavy atom. The molecule has 1 fully saturated rings. The Labute approximate surface area is 101 Å². The highest BCUT2D eigenvalue weighted by molar-refractivity contribution is 5.81. The molecule has 0 radical (unpaired) electrons. The van der Waals surface area contributed by atoms with Crippen LogP contribution in [0.5, 0.6) is 0 Å². The van der Waals surface area contributed by atoms with E-state index in [1.165, 1.54) is 12.7 Å². The van der Waals surface area contributed by atoms with Crippen molar-refractivity contribution < 1.29 is 14.6 Å². The topological polar surface area (TPSA) is 116 Å². The second-order valence-corrected chi connectivity index (χ2v) is 4.08. The number of aliphatic hydroxyl groups is 1. The molecule has 3 heterocycles. The molecule has 3 rings (SSSR count). The predicted octanol–water partition coefficient (Wildman–Crippen LogP) is -0.744. The number of ether oxygens (including phenoxy) is 1. The summed E-state index contributed by atoms with van der Waals surface area (Å²) >= 11 is 0. The van der Waals surface area contributed by atoms with E-state index in [1.807, 2.05) is 0 Å². The van der Waals surface area contributed by atoms with Gasteiger partial charge >= 0.3 is 0 Å². The predicted molar refractivity (Wildman–Crippen MR) is 60.3 cm³/mol. The molecule has 0 saturated carbocycles. The summed E-state index contributed by atoms with van der Waals surface area (Å²) in [6, 6.07) is 0. The molecule has 3 atom stereocenters. The van der Waals surface area contributed by atoms with Gasteiger partial charge in [0.05, 0.1) is 12.4 Å². The highest BCUT2D eigenvalue weighted by atomic mass is 16.5. The van der Waals surface area contributed by atoms with Crippen molar-refractivity contribution in [2.24, 2.45) is 0 Å². The van der Waals surface area contributed by atoms with Crippen LogP contribution in [0.3, 0.4) is 0 Å². The molecule has 0 spiro atoms. The molecule has 2 aromatic rings. The molecule has 0 aromatic carbocycles. The summed E-state index contributed by atoms with van der Waals surface area (Å²) in [6.07, 6.45) is 1.63. The third-order valence-corrected chi connectivity index (χ3v) is 2.97. The van der Waals surface area contributed by atoms with E-state index in [2.05, 4.69) is 15.0 Å². The van der Waals surface area contributed by atoms with Crippen LogP contribution in [0.1, 0.15) is 12.6 Å². The van der Waals surface area contributed by atoms with Gasteiger partial charge in [-0.1, -0.05) is 0 Å². The molecule has 0 amide bonds. The lowest BCUT2D eigenvalue weighted by molar-refractivity contribution is -0.122. The number of nitrogens with zero attached hydrogens (tertiary/aromatic N) is 4. The fourth-order valence-corrected chi connectivity index (χ4v) is 2.05. The first-order valence-corrected chi connectivity index (χ1v) is 5.42. The molecule has 0 bridgehead atoms. The van der Waals surface area contributed by atoms with Crippen LogP contribution in [0.2, 0.25) is 0 Å². The van der Waals surface area contributed by atoms with Crippen LogP contribution >= 0.6 is 0 Å². The maximum Gasteiger partial charge on any atom is 0.167 e. The van der Waals surface area contributed by atoms with E-state index in [-0.39, 0.29) is 5.82 Å². The number of hydrogen-bond donors (Lipinski definition) is 2. The van der Waals surface area contributed by atoms with Crippen molar-refractivity contribution in [2.45, 2.75) is 24.9 Å². The maximum atomic E-state index is 10.7. The molecular weight excluding hydrogens is 238 g/mol. The third-order valence-electron chi connectivity index (χ3n) is 2.97. The Hall–Kier alpha value is -2.06. The van der Waals surface area contributed by atoms with E-state index in [0.29, 0.717) is 23.9 Å². The van der Waals surface area contributed by atoms with Crippen LogP contribution in [0.4, 0.5) is 5.82 Å². The molecule has 1 saturated heterocycles. The Morgan fingerprint density at radius 3 is 3.06 bits per heavy atom. The first-order valence-electron chi connectivity index (χ1n) is 5.42. The lowest BCUT2D eigenvalue weighted by atomic mass is 10.2. The van der Waals surface area contributed by atoms with Crippen molar-refractivity contribution in [3.05, 3.63) is 12.7 Å². The summed E-state index contributed by atoms with van der Waals surface area (Å²) in [7, 11) is 0. The van der Waals surface area contributed by atoms with E-state index in [1.54, 1.807) is 4.57 Å². The number of fused-ring (bicyclic) bond motifs is 1. The van der Waals surface area contributed by atoms with Gasteiger partial charge in [-0.25, -0.2) is 15.0 Å². The Balaban J connectivity index is 2.01. The monoisotopic (exact) mass is 249 g/mol. The minimum absolute atomic E-state index is 0.282. The van der Waals surface area contributed by atoms with Crippen molar-refractivity contribution in [2.75, 3.05) is 5.73 Å². The number of carbonyl (C=O) groups is 1. The Morgan fingerprint density at radius 2 is 2.33 bits per heavy atom. The summed E-state index contributed by atoms with van der Waals surface area (Å²) in [4.78, 5) is 22.7. The fraction of sp³-hybridized carbons (Fsp3) is 0.400. The molecule has 94 valence electrons. The van der Waals surface area contributed by atoms with Crippen molar-refractivity contribution in [3.8, 4) is 0 Å². The Bertz CT molecular complexity index is 598. The Kier molecular flexibility index (Phi) is 2.46. The van der Waals surface area contributed by atoms with Gasteiger partial charge in [0.1, 0.15) is 24.2 Å². The van der Waals surface area contributed by atoms with Gasteiger partial charge in [0, 0.05) is 6.42 Å².